The summed E-state index contributed by atoms with van der Waals surface area (Å²) in [5, 5.41) is 3.03. The number of carbonyl (C=O) groups is 1. The highest BCUT2D eigenvalue weighted by Crippen LogP contribution is 2.30. The molecule has 0 bridgehead atoms. The first-order valence-corrected chi connectivity index (χ1v) is 7.51. The van der Waals surface area contributed by atoms with Crippen LogP contribution in [0.5, 0.6) is 5.75 Å². The van der Waals surface area contributed by atoms with Gasteiger partial charge in [-0.3, -0.25) is 4.79 Å². The summed E-state index contributed by atoms with van der Waals surface area (Å²) in [5.74, 6) is 2.09. The van der Waals surface area contributed by atoms with Crippen molar-refractivity contribution in [1.82, 2.24) is 5.32 Å². The highest BCUT2D eigenvalue weighted by molar-refractivity contribution is 9.10. The molecule has 1 aromatic carbocycles. The molecule has 0 aromatic heterocycles. The molecule has 1 aliphatic rings. The van der Waals surface area contributed by atoms with Crippen LogP contribution >= 0.6 is 15.9 Å². The van der Waals surface area contributed by atoms with E-state index in [1.54, 1.807) is 13.2 Å². The molecule has 0 saturated heterocycles. The molecule has 0 heterocycles. The number of hydrogen-bond donors (Lipinski definition) is 1. The Bertz CT molecular complexity index is 461. The molecule has 1 aliphatic carbocycles. The largest absolute Gasteiger partial charge is 0.497 e. The molecule has 1 saturated carbocycles. The van der Waals surface area contributed by atoms with E-state index in [4.69, 9.17) is 4.74 Å². The van der Waals surface area contributed by atoms with Crippen molar-refractivity contribution in [3.63, 3.8) is 0 Å². The summed E-state index contributed by atoms with van der Waals surface area (Å²) in [6.07, 6.45) is 3.73. The lowest BCUT2D eigenvalue weighted by Gasteiger charge is -2.12. The van der Waals surface area contributed by atoms with Crippen molar-refractivity contribution in [1.29, 1.82) is 0 Å². The van der Waals surface area contributed by atoms with E-state index < -0.39 is 0 Å². The molecule has 0 radical (unpaired) electrons. The van der Waals surface area contributed by atoms with E-state index in [9.17, 15) is 4.79 Å². The molecule has 2 rings (SSSR count). The number of hydrogen-bond acceptors (Lipinski definition) is 2. The van der Waals surface area contributed by atoms with Crippen LogP contribution < -0.4 is 10.1 Å². The summed E-state index contributed by atoms with van der Waals surface area (Å²) < 4.78 is 5.95. The minimum absolute atomic E-state index is 0.0367. The molecular formula is C15H20BrNO2. The van der Waals surface area contributed by atoms with Crippen LogP contribution in [0.4, 0.5) is 0 Å². The Kier molecular flexibility index (Phi) is 4.86. The van der Waals surface area contributed by atoms with Crippen molar-refractivity contribution < 1.29 is 9.53 Å². The maximum absolute atomic E-state index is 12.2. The van der Waals surface area contributed by atoms with Gasteiger partial charge in [0.25, 0.3) is 5.91 Å². The van der Waals surface area contributed by atoms with Gasteiger partial charge in [-0.25, -0.2) is 0 Å². The van der Waals surface area contributed by atoms with E-state index in [2.05, 4.69) is 28.2 Å². The van der Waals surface area contributed by atoms with Crippen LogP contribution in [0.2, 0.25) is 0 Å². The van der Waals surface area contributed by atoms with Crippen molar-refractivity contribution in [3.05, 3.63) is 28.2 Å². The van der Waals surface area contributed by atoms with Gasteiger partial charge in [0.15, 0.2) is 0 Å². The molecular weight excluding hydrogens is 306 g/mol. The standard InChI is InChI=1S/C15H20BrNO2/c1-10-3-4-11(7-10)9-17-15(18)13-8-12(19-2)5-6-14(13)16/h5-6,8,10-11H,3-4,7,9H2,1-2H3,(H,17,18). The smallest absolute Gasteiger partial charge is 0.252 e. The van der Waals surface area contributed by atoms with Crippen molar-refractivity contribution in [3.8, 4) is 5.75 Å². The molecule has 0 aliphatic heterocycles. The molecule has 1 N–H and O–H groups in total. The summed E-state index contributed by atoms with van der Waals surface area (Å²) in [5.41, 5.74) is 0.630. The average molecular weight is 326 g/mol. The first kappa shape index (κ1) is 14.4. The lowest BCUT2D eigenvalue weighted by atomic mass is 10.1. The summed E-state index contributed by atoms with van der Waals surface area (Å²) in [4.78, 5) is 12.2. The van der Waals surface area contributed by atoms with Crippen molar-refractivity contribution >= 4 is 21.8 Å². The van der Waals surface area contributed by atoms with Gasteiger partial charge in [-0.05, 0) is 58.8 Å². The van der Waals surface area contributed by atoms with Crippen LogP contribution in [0.15, 0.2) is 22.7 Å². The Hall–Kier alpha value is -1.03. The highest BCUT2D eigenvalue weighted by Gasteiger charge is 2.22. The molecule has 1 amide bonds. The van der Waals surface area contributed by atoms with Crippen LogP contribution in [0.25, 0.3) is 0 Å². The van der Waals surface area contributed by atoms with Gasteiger partial charge in [-0.1, -0.05) is 13.3 Å². The second kappa shape index (κ2) is 6.42. The molecule has 4 heteroatoms. The number of rotatable bonds is 4. The Morgan fingerprint density at radius 1 is 1.47 bits per heavy atom. The topological polar surface area (TPSA) is 38.3 Å². The number of carbonyl (C=O) groups excluding carboxylic acids is 1. The quantitative estimate of drug-likeness (QED) is 0.918. The minimum atomic E-state index is -0.0367. The van der Waals surface area contributed by atoms with Gasteiger partial charge in [-0.2, -0.15) is 0 Å². The monoisotopic (exact) mass is 325 g/mol. The van der Waals surface area contributed by atoms with Crippen LogP contribution in [0.1, 0.15) is 36.5 Å². The third-order valence-electron chi connectivity index (χ3n) is 3.77. The van der Waals surface area contributed by atoms with Crippen molar-refractivity contribution in [2.24, 2.45) is 11.8 Å². The Morgan fingerprint density at radius 3 is 2.89 bits per heavy atom. The number of amides is 1. The minimum Gasteiger partial charge on any atom is -0.497 e. The number of methoxy groups -OCH3 is 1. The Labute approximate surface area is 122 Å². The highest BCUT2D eigenvalue weighted by atomic mass is 79.9. The zero-order chi connectivity index (χ0) is 13.8. The SMILES string of the molecule is COc1ccc(Br)c(C(=O)NCC2CCC(C)C2)c1. The zero-order valence-electron chi connectivity index (χ0n) is 11.4. The van der Waals surface area contributed by atoms with E-state index in [0.717, 1.165) is 16.9 Å². The van der Waals surface area contributed by atoms with Gasteiger partial charge in [0.1, 0.15) is 5.75 Å². The second-order valence-corrected chi connectivity index (χ2v) is 6.19. The third-order valence-corrected chi connectivity index (χ3v) is 4.46. The lowest BCUT2D eigenvalue weighted by Crippen LogP contribution is -2.28. The third kappa shape index (κ3) is 3.72. The van der Waals surface area contributed by atoms with Crippen LogP contribution in [0, 0.1) is 11.8 Å². The van der Waals surface area contributed by atoms with Crippen LogP contribution in [-0.4, -0.2) is 19.6 Å². The molecule has 1 aromatic rings. The van der Waals surface area contributed by atoms with Crippen LogP contribution in [-0.2, 0) is 0 Å². The molecule has 0 spiro atoms. The summed E-state index contributed by atoms with van der Waals surface area (Å²) in [7, 11) is 1.60. The summed E-state index contributed by atoms with van der Waals surface area (Å²) in [6.45, 7) is 3.05. The second-order valence-electron chi connectivity index (χ2n) is 5.34. The number of nitrogens with one attached hydrogen (secondary N) is 1. The van der Waals surface area contributed by atoms with E-state index >= 15 is 0 Å². The molecule has 104 valence electrons. The van der Waals surface area contributed by atoms with Crippen LogP contribution in [0.3, 0.4) is 0 Å². The summed E-state index contributed by atoms with van der Waals surface area (Å²) >= 11 is 3.41. The van der Waals surface area contributed by atoms with Gasteiger partial charge >= 0.3 is 0 Å². The van der Waals surface area contributed by atoms with Gasteiger partial charge in [-0.15, -0.1) is 0 Å². The number of benzene rings is 1. The number of halogens is 1. The Balaban J connectivity index is 1.96. The van der Waals surface area contributed by atoms with Crippen molar-refractivity contribution in [2.45, 2.75) is 26.2 Å². The Morgan fingerprint density at radius 2 is 2.26 bits per heavy atom. The van der Waals surface area contributed by atoms with Gasteiger partial charge in [0.2, 0.25) is 0 Å². The predicted molar refractivity (Wildman–Crippen MR) is 79.5 cm³/mol. The molecule has 1 fully saturated rings. The fourth-order valence-electron chi connectivity index (χ4n) is 2.65. The summed E-state index contributed by atoms with van der Waals surface area (Å²) in [6, 6.07) is 5.43. The van der Waals surface area contributed by atoms with Gasteiger partial charge in [0, 0.05) is 11.0 Å². The van der Waals surface area contributed by atoms with Gasteiger partial charge in [0.05, 0.1) is 12.7 Å². The number of ether oxygens (including phenoxy) is 1. The normalized spacial score (nSPS) is 22.3. The molecule has 2 atom stereocenters. The fraction of sp³-hybridized carbons (Fsp3) is 0.533. The van der Waals surface area contributed by atoms with E-state index in [-0.39, 0.29) is 5.91 Å². The van der Waals surface area contributed by atoms with E-state index in [0.29, 0.717) is 17.2 Å². The fourth-order valence-corrected chi connectivity index (χ4v) is 3.07. The molecule has 3 nitrogen and oxygen atoms in total. The van der Waals surface area contributed by atoms with E-state index in [1.165, 1.54) is 19.3 Å². The predicted octanol–water partition coefficient (Wildman–Crippen LogP) is 3.62. The maximum atomic E-state index is 12.2. The molecule has 19 heavy (non-hydrogen) atoms. The lowest BCUT2D eigenvalue weighted by molar-refractivity contribution is 0.0946. The zero-order valence-corrected chi connectivity index (χ0v) is 13.0. The average Bonchev–Trinajstić information content (AvgIpc) is 2.82. The van der Waals surface area contributed by atoms with E-state index in [1.807, 2.05) is 12.1 Å². The van der Waals surface area contributed by atoms with Crippen molar-refractivity contribution in [2.75, 3.05) is 13.7 Å². The maximum Gasteiger partial charge on any atom is 0.252 e. The van der Waals surface area contributed by atoms with Gasteiger partial charge < -0.3 is 10.1 Å². The molecule has 2 unspecified atom stereocenters. The first-order chi connectivity index (χ1) is 9.10. The first-order valence-electron chi connectivity index (χ1n) is 6.72.